The minimum atomic E-state index is -3.76. The quantitative estimate of drug-likeness (QED) is 0.522. The zero-order valence-corrected chi connectivity index (χ0v) is 19.5. The summed E-state index contributed by atoms with van der Waals surface area (Å²) in [6, 6.07) is 16.6. The minimum absolute atomic E-state index is 0.0556. The standard InChI is InChI=1S/C24H25N3O6S/c1-2-32-22-11-10-19(34(29,30)27-13-15-31-16-14-27)17-21(22)26-23(28)20-9-6-12-25-24(20)33-18-7-4-3-5-8-18/h3-12,17H,2,13-16H2,1H3,(H,26,28). The van der Waals surface area contributed by atoms with Crippen molar-refractivity contribution in [2.24, 2.45) is 0 Å². The molecule has 0 atom stereocenters. The lowest BCUT2D eigenvalue weighted by atomic mass is 10.2. The van der Waals surface area contributed by atoms with Crippen LogP contribution in [0, 0.1) is 0 Å². The van der Waals surface area contributed by atoms with Crippen LogP contribution in [0.4, 0.5) is 5.69 Å². The summed E-state index contributed by atoms with van der Waals surface area (Å²) in [5.41, 5.74) is 0.422. The number of hydrogen-bond donors (Lipinski definition) is 1. The van der Waals surface area contributed by atoms with Gasteiger partial charge in [0.05, 0.1) is 30.4 Å². The Balaban J connectivity index is 1.63. The van der Waals surface area contributed by atoms with Crippen molar-refractivity contribution in [1.82, 2.24) is 9.29 Å². The molecule has 4 rings (SSSR count). The maximum Gasteiger partial charge on any atom is 0.261 e. The molecule has 0 saturated carbocycles. The number of rotatable bonds is 8. The first-order valence-corrected chi connectivity index (χ1v) is 12.3. The third-order valence-electron chi connectivity index (χ3n) is 5.08. The summed E-state index contributed by atoms with van der Waals surface area (Å²) in [4.78, 5) is 17.4. The number of benzene rings is 2. The molecule has 10 heteroatoms. The molecule has 1 fully saturated rings. The van der Waals surface area contributed by atoms with Gasteiger partial charge in [-0.1, -0.05) is 18.2 Å². The van der Waals surface area contributed by atoms with E-state index in [0.29, 0.717) is 31.3 Å². The molecular formula is C24H25N3O6S. The summed E-state index contributed by atoms with van der Waals surface area (Å²) in [6.07, 6.45) is 1.52. The van der Waals surface area contributed by atoms with E-state index in [2.05, 4.69) is 10.3 Å². The predicted molar refractivity (Wildman–Crippen MR) is 126 cm³/mol. The van der Waals surface area contributed by atoms with Crippen LogP contribution in [0.2, 0.25) is 0 Å². The Bertz CT molecular complexity index is 1240. The maximum absolute atomic E-state index is 13.2. The number of nitrogens with one attached hydrogen (secondary N) is 1. The van der Waals surface area contributed by atoms with Crippen LogP contribution in [0.15, 0.2) is 71.8 Å². The smallest absolute Gasteiger partial charge is 0.261 e. The van der Waals surface area contributed by atoms with E-state index in [9.17, 15) is 13.2 Å². The summed E-state index contributed by atoms with van der Waals surface area (Å²) in [5.74, 6) is 0.497. The fourth-order valence-corrected chi connectivity index (χ4v) is 4.85. The van der Waals surface area contributed by atoms with Gasteiger partial charge in [0.2, 0.25) is 15.9 Å². The van der Waals surface area contributed by atoms with E-state index in [0.717, 1.165) is 0 Å². The van der Waals surface area contributed by atoms with Crippen LogP contribution in [0.3, 0.4) is 0 Å². The van der Waals surface area contributed by atoms with Crippen LogP contribution >= 0.6 is 0 Å². The number of nitrogens with zero attached hydrogens (tertiary/aromatic N) is 2. The third-order valence-corrected chi connectivity index (χ3v) is 6.98. The fraction of sp³-hybridized carbons (Fsp3) is 0.250. The van der Waals surface area contributed by atoms with E-state index < -0.39 is 15.9 Å². The molecular weight excluding hydrogens is 458 g/mol. The van der Waals surface area contributed by atoms with Gasteiger partial charge in [-0.25, -0.2) is 13.4 Å². The van der Waals surface area contributed by atoms with Crippen molar-refractivity contribution in [3.8, 4) is 17.4 Å². The Kier molecular flexibility index (Phi) is 7.41. The molecule has 2 aromatic carbocycles. The van der Waals surface area contributed by atoms with Crippen LogP contribution in [0.5, 0.6) is 17.4 Å². The molecule has 9 nitrogen and oxygen atoms in total. The van der Waals surface area contributed by atoms with Gasteiger partial charge in [-0.3, -0.25) is 4.79 Å². The number of carbonyl (C=O) groups excluding carboxylic acids is 1. The van der Waals surface area contributed by atoms with Gasteiger partial charge in [0.25, 0.3) is 5.91 Å². The summed E-state index contributed by atoms with van der Waals surface area (Å²) in [7, 11) is -3.76. The van der Waals surface area contributed by atoms with Crippen molar-refractivity contribution < 1.29 is 27.4 Å². The molecule has 1 saturated heterocycles. The number of para-hydroxylation sites is 1. The summed E-state index contributed by atoms with van der Waals surface area (Å²) < 4.78 is 44.3. The van der Waals surface area contributed by atoms with Gasteiger partial charge in [0.1, 0.15) is 17.1 Å². The van der Waals surface area contributed by atoms with Gasteiger partial charge in [-0.05, 0) is 49.4 Å². The van der Waals surface area contributed by atoms with Crippen LogP contribution in [-0.2, 0) is 14.8 Å². The average Bonchev–Trinajstić information content (AvgIpc) is 2.86. The molecule has 1 aliphatic heterocycles. The Hall–Kier alpha value is -3.47. The lowest BCUT2D eigenvalue weighted by molar-refractivity contribution is 0.0730. The lowest BCUT2D eigenvalue weighted by Gasteiger charge is -2.26. The number of anilines is 1. The normalized spacial score (nSPS) is 14.4. The molecule has 1 aromatic heterocycles. The van der Waals surface area contributed by atoms with Gasteiger partial charge < -0.3 is 19.5 Å². The number of pyridine rings is 1. The van der Waals surface area contributed by atoms with Crippen molar-refractivity contribution in [2.75, 3.05) is 38.2 Å². The van der Waals surface area contributed by atoms with Crippen molar-refractivity contribution >= 4 is 21.6 Å². The monoisotopic (exact) mass is 483 g/mol. The first-order chi connectivity index (χ1) is 16.5. The number of hydrogen-bond acceptors (Lipinski definition) is 7. The highest BCUT2D eigenvalue weighted by Crippen LogP contribution is 2.31. The molecule has 3 aromatic rings. The fourth-order valence-electron chi connectivity index (χ4n) is 3.42. The number of morpholine rings is 1. The van der Waals surface area contributed by atoms with E-state index >= 15 is 0 Å². The zero-order chi connectivity index (χ0) is 24.0. The van der Waals surface area contributed by atoms with E-state index in [1.165, 1.54) is 28.7 Å². The Morgan fingerprint density at radius 2 is 1.85 bits per heavy atom. The van der Waals surface area contributed by atoms with Gasteiger partial charge >= 0.3 is 0 Å². The first kappa shape index (κ1) is 23.7. The first-order valence-electron chi connectivity index (χ1n) is 10.8. The highest BCUT2D eigenvalue weighted by atomic mass is 32.2. The number of amides is 1. The van der Waals surface area contributed by atoms with E-state index in [-0.39, 0.29) is 35.1 Å². The van der Waals surface area contributed by atoms with E-state index in [1.807, 2.05) is 18.2 Å². The Labute approximate surface area is 198 Å². The second-order valence-electron chi connectivity index (χ2n) is 7.33. The van der Waals surface area contributed by atoms with E-state index in [4.69, 9.17) is 14.2 Å². The molecule has 0 bridgehead atoms. The summed E-state index contributed by atoms with van der Waals surface area (Å²) >= 11 is 0. The number of aromatic nitrogens is 1. The number of carbonyl (C=O) groups is 1. The highest BCUT2D eigenvalue weighted by molar-refractivity contribution is 7.89. The molecule has 34 heavy (non-hydrogen) atoms. The van der Waals surface area contributed by atoms with Gasteiger partial charge in [-0.15, -0.1) is 0 Å². The molecule has 0 spiro atoms. The van der Waals surface area contributed by atoms with Crippen molar-refractivity contribution in [2.45, 2.75) is 11.8 Å². The van der Waals surface area contributed by atoms with Gasteiger partial charge in [0.15, 0.2) is 0 Å². The van der Waals surface area contributed by atoms with E-state index in [1.54, 1.807) is 31.2 Å². The molecule has 2 heterocycles. The lowest BCUT2D eigenvalue weighted by Crippen LogP contribution is -2.40. The molecule has 0 aliphatic carbocycles. The molecule has 0 radical (unpaired) electrons. The Morgan fingerprint density at radius 1 is 1.09 bits per heavy atom. The Morgan fingerprint density at radius 3 is 2.59 bits per heavy atom. The maximum atomic E-state index is 13.2. The molecule has 1 amide bonds. The van der Waals surface area contributed by atoms with Gasteiger partial charge in [0, 0.05) is 19.3 Å². The molecule has 1 aliphatic rings. The van der Waals surface area contributed by atoms with Crippen molar-refractivity contribution in [3.05, 3.63) is 72.4 Å². The second kappa shape index (κ2) is 10.6. The summed E-state index contributed by atoms with van der Waals surface area (Å²) in [6.45, 7) is 3.36. The van der Waals surface area contributed by atoms with Crippen molar-refractivity contribution in [3.63, 3.8) is 0 Å². The molecule has 0 unspecified atom stereocenters. The topological polar surface area (TPSA) is 107 Å². The predicted octanol–water partition coefficient (Wildman–Crippen LogP) is 3.55. The van der Waals surface area contributed by atoms with Crippen molar-refractivity contribution in [1.29, 1.82) is 0 Å². The number of ether oxygens (including phenoxy) is 3. The van der Waals surface area contributed by atoms with Gasteiger partial charge in [-0.2, -0.15) is 4.31 Å². The molecule has 178 valence electrons. The third kappa shape index (κ3) is 5.36. The van der Waals surface area contributed by atoms with Crippen LogP contribution in [0.1, 0.15) is 17.3 Å². The average molecular weight is 484 g/mol. The SMILES string of the molecule is CCOc1ccc(S(=O)(=O)N2CCOCC2)cc1NC(=O)c1cccnc1Oc1ccccc1. The largest absolute Gasteiger partial charge is 0.492 e. The summed E-state index contributed by atoms with van der Waals surface area (Å²) in [5, 5.41) is 2.76. The second-order valence-corrected chi connectivity index (χ2v) is 9.27. The molecule has 1 N–H and O–H groups in total. The highest BCUT2D eigenvalue weighted by Gasteiger charge is 2.27. The zero-order valence-electron chi connectivity index (χ0n) is 18.6. The van der Waals surface area contributed by atoms with Crippen LogP contribution < -0.4 is 14.8 Å². The van der Waals surface area contributed by atoms with Crippen LogP contribution in [-0.4, -0.2) is 56.5 Å². The number of sulfonamides is 1. The minimum Gasteiger partial charge on any atom is -0.492 e. The van der Waals surface area contributed by atoms with Crippen LogP contribution in [0.25, 0.3) is 0 Å².